The van der Waals surface area contributed by atoms with Gasteiger partial charge in [-0.05, 0) is 26.5 Å². The molecule has 5 atom stereocenters. The minimum atomic E-state index is -4.33. The fourth-order valence-electron chi connectivity index (χ4n) is 7.16. The summed E-state index contributed by atoms with van der Waals surface area (Å²) < 4.78 is 63.9. The normalized spacial score (nSPS) is 21.8. The Hall–Kier alpha value is -3.97. The maximum Gasteiger partial charge on any atom is 0.475 e. The van der Waals surface area contributed by atoms with Crippen LogP contribution in [0.4, 0.5) is 0 Å². The van der Waals surface area contributed by atoms with Gasteiger partial charge in [-0.15, -0.1) is 0 Å². The molecule has 2 bridgehead atoms. The number of carbonyl (C=O) groups excluding carboxylic acids is 2. The third-order valence-corrected chi connectivity index (χ3v) is 16.0. The van der Waals surface area contributed by atoms with Crippen LogP contribution < -0.4 is 10.4 Å². The SMILES string of the molecule is COC(=O)[C@@]12C[C@H](OC(C)=O)[C@@H](O1)[C@@H]([C@@H](COP(=O)(OCc1ccccc1)OCc1ccccc1)O[Si](c1ccccc1)(c1ccccc1)C(C)(C)C)O2. The zero-order chi connectivity index (χ0) is 38.4. The smallest absolute Gasteiger partial charge is 0.465 e. The van der Waals surface area contributed by atoms with E-state index in [-0.39, 0.29) is 26.2 Å². The quantitative estimate of drug-likeness (QED) is 0.0706. The molecule has 2 aliphatic heterocycles. The molecular formula is C41H47O11PSi. The molecule has 0 aromatic heterocycles. The van der Waals surface area contributed by atoms with E-state index in [4.69, 9.17) is 36.9 Å². The van der Waals surface area contributed by atoms with Gasteiger partial charge in [-0.1, -0.05) is 142 Å². The number of methoxy groups -OCH3 is 1. The van der Waals surface area contributed by atoms with Gasteiger partial charge in [0.05, 0.1) is 39.5 Å². The second-order valence-electron chi connectivity index (χ2n) is 14.3. The highest BCUT2D eigenvalue weighted by Crippen LogP contribution is 2.53. The lowest BCUT2D eigenvalue weighted by molar-refractivity contribution is -0.212. The fourth-order valence-corrected chi connectivity index (χ4v) is 13.0. The number of rotatable bonds is 16. The average Bonchev–Trinajstić information content (AvgIpc) is 3.74. The van der Waals surface area contributed by atoms with Gasteiger partial charge in [-0.3, -0.25) is 18.4 Å². The van der Waals surface area contributed by atoms with Crippen molar-refractivity contribution in [1.82, 2.24) is 0 Å². The zero-order valence-corrected chi connectivity index (χ0v) is 33.0. The molecule has 4 aromatic carbocycles. The topological polar surface area (TPSA) is 125 Å². The van der Waals surface area contributed by atoms with Crippen molar-refractivity contribution < 1.29 is 51.1 Å². The van der Waals surface area contributed by atoms with Gasteiger partial charge < -0.3 is 23.4 Å². The van der Waals surface area contributed by atoms with E-state index < -0.39 is 63.3 Å². The Kier molecular flexibility index (Phi) is 12.4. The molecule has 54 heavy (non-hydrogen) atoms. The van der Waals surface area contributed by atoms with Crippen LogP contribution in [0.15, 0.2) is 121 Å². The first-order valence-electron chi connectivity index (χ1n) is 17.9. The Morgan fingerprint density at radius 2 is 1.26 bits per heavy atom. The number of hydrogen-bond acceptors (Lipinski definition) is 11. The maximum atomic E-state index is 14.6. The van der Waals surface area contributed by atoms with Crippen molar-refractivity contribution in [3.63, 3.8) is 0 Å². The van der Waals surface area contributed by atoms with E-state index in [0.29, 0.717) is 0 Å². The minimum absolute atomic E-state index is 0.0568. The Morgan fingerprint density at radius 1 is 0.778 bits per heavy atom. The second-order valence-corrected chi connectivity index (χ2v) is 20.3. The number of benzene rings is 4. The predicted octanol–water partition coefficient (Wildman–Crippen LogP) is 6.48. The predicted molar refractivity (Wildman–Crippen MR) is 203 cm³/mol. The molecule has 2 heterocycles. The summed E-state index contributed by atoms with van der Waals surface area (Å²) in [6.07, 6.45) is -4.04. The van der Waals surface area contributed by atoms with Crippen molar-refractivity contribution in [3.05, 3.63) is 132 Å². The monoisotopic (exact) mass is 774 g/mol. The summed E-state index contributed by atoms with van der Waals surface area (Å²) >= 11 is 0. The molecule has 286 valence electrons. The first-order valence-corrected chi connectivity index (χ1v) is 21.3. The number of hydrogen-bond donors (Lipinski definition) is 0. The molecule has 0 radical (unpaired) electrons. The molecule has 0 saturated carbocycles. The molecule has 13 heteroatoms. The Morgan fingerprint density at radius 3 is 1.70 bits per heavy atom. The van der Waals surface area contributed by atoms with Crippen LogP contribution in [0.2, 0.25) is 5.04 Å². The van der Waals surface area contributed by atoms with Gasteiger partial charge in [0.2, 0.25) is 0 Å². The number of fused-ring (bicyclic) bond motifs is 2. The second kappa shape index (κ2) is 16.8. The molecule has 2 fully saturated rings. The molecule has 4 aromatic rings. The summed E-state index contributed by atoms with van der Waals surface area (Å²) in [4.78, 5) is 25.6. The number of phosphoric ester groups is 1. The highest BCUT2D eigenvalue weighted by molar-refractivity contribution is 7.48. The van der Waals surface area contributed by atoms with Crippen LogP contribution in [0, 0.1) is 0 Å². The summed E-state index contributed by atoms with van der Waals surface area (Å²) in [6, 6.07) is 38.4. The van der Waals surface area contributed by atoms with E-state index in [0.717, 1.165) is 21.5 Å². The van der Waals surface area contributed by atoms with E-state index in [1.54, 1.807) is 0 Å². The van der Waals surface area contributed by atoms with Gasteiger partial charge in [0.25, 0.3) is 14.1 Å². The molecule has 0 spiro atoms. The van der Waals surface area contributed by atoms with Gasteiger partial charge in [-0.2, -0.15) is 0 Å². The largest absolute Gasteiger partial charge is 0.475 e. The summed E-state index contributed by atoms with van der Waals surface area (Å²) in [6.45, 7) is 7.14. The maximum absolute atomic E-state index is 14.6. The van der Waals surface area contributed by atoms with Crippen LogP contribution in [0.1, 0.15) is 45.2 Å². The summed E-state index contributed by atoms with van der Waals surface area (Å²) in [5, 5.41) is 1.42. The highest BCUT2D eigenvalue weighted by atomic mass is 31.2. The minimum Gasteiger partial charge on any atom is -0.465 e. The molecule has 0 aliphatic carbocycles. The number of carbonyl (C=O) groups is 2. The van der Waals surface area contributed by atoms with Crippen molar-refractivity contribution >= 4 is 38.5 Å². The molecule has 11 nitrogen and oxygen atoms in total. The highest BCUT2D eigenvalue weighted by Gasteiger charge is 2.67. The Balaban J connectivity index is 1.43. The molecule has 0 N–H and O–H groups in total. The first-order chi connectivity index (χ1) is 25.9. The summed E-state index contributed by atoms with van der Waals surface area (Å²) in [5.41, 5.74) is 1.53. The lowest BCUT2D eigenvalue weighted by Crippen LogP contribution is -2.69. The van der Waals surface area contributed by atoms with E-state index in [1.165, 1.54) is 14.0 Å². The number of phosphoric acid groups is 1. The fraction of sp³-hybridized carbons (Fsp3) is 0.366. The van der Waals surface area contributed by atoms with Gasteiger partial charge in [0, 0.05) is 6.92 Å². The van der Waals surface area contributed by atoms with Crippen LogP contribution >= 0.6 is 7.82 Å². The van der Waals surface area contributed by atoms with Crippen molar-refractivity contribution in [2.24, 2.45) is 0 Å². The number of esters is 2. The Bertz CT molecular complexity index is 1810. The van der Waals surface area contributed by atoms with Crippen LogP contribution in [0.25, 0.3) is 0 Å². The zero-order valence-electron chi connectivity index (χ0n) is 31.1. The van der Waals surface area contributed by atoms with Crippen LogP contribution in [0.3, 0.4) is 0 Å². The lowest BCUT2D eigenvalue weighted by Gasteiger charge is -2.46. The van der Waals surface area contributed by atoms with Crippen molar-refractivity contribution in [2.45, 2.75) is 82.6 Å². The van der Waals surface area contributed by atoms with Crippen molar-refractivity contribution in [1.29, 1.82) is 0 Å². The van der Waals surface area contributed by atoms with Gasteiger partial charge >= 0.3 is 19.8 Å². The molecule has 0 amide bonds. The van der Waals surface area contributed by atoms with Crippen LogP contribution in [0.5, 0.6) is 0 Å². The standard InChI is InChI=1S/C41H47O11PSi/c1-30(42)49-35-26-41(39(43)45-5)50-37(35)38(51-41)36(52-54(40(2,3)4,33-22-14-8-15-23-33)34-24-16-9-17-25-34)29-48-53(44,46-27-31-18-10-6-11-19-31)47-28-32-20-12-7-13-21-32/h6-25,35-38H,26-29H2,1-5H3/t35-,36+,37+,38+,41-/m0/s1. The molecule has 2 saturated heterocycles. The van der Waals surface area contributed by atoms with Gasteiger partial charge in [-0.25, -0.2) is 9.36 Å². The van der Waals surface area contributed by atoms with Crippen molar-refractivity contribution in [2.75, 3.05) is 13.7 Å². The molecule has 2 aliphatic rings. The lowest BCUT2D eigenvalue weighted by atomic mass is 9.97. The molecule has 0 unspecified atom stereocenters. The van der Waals surface area contributed by atoms with E-state index in [2.05, 4.69) is 20.8 Å². The number of ether oxygens (including phenoxy) is 4. The summed E-state index contributed by atoms with van der Waals surface area (Å²) in [7, 11) is -6.47. The van der Waals surface area contributed by atoms with E-state index in [9.17, 15) is 14.2 Å². The van der Waals surface area contributed by atoms with Crippen molar-refractivity contribution in [3.8, 4) is 0 Å². The van der Waals surface area contributed by atoms with Gasteiger partial charge in [0.1, 0.15) is 18.3 Å². The van der Waals surface area contributed by atoms with E-state index in [1.807, 2.05) is 121 Å². The first kappa shape index (κ1) is 39.7. The third-order valence-electron chi connectivity index (χ3n) is 9.60. The summed E-state index contributed by atoms with van der Waals surface area (Å²) in [5.74, 6) is -3.20. The third kappa shape index (κ3) is 8.62. The van der Waals surface area contributed by atoms with Gasteiger partial charge in [0.15, 0.2) is 0 Å². The Labute approximate surface area is 317 Å². The molecular weight excluding hydrogens is 727 g/mol. The van der Waals surface area contributed by atoms with Crippen LogP contribution in [-0.2, 0) is 64.3 Å². The molecule has 6 rings (SSSR count). The van der Waals surface area contributed by atoms with E-state index >= 15 is 0 Å². The van der Waals surface area contributed by atoms with Crippen LogP contribution in [-0.4, -0.2) is 64.2 Å². The average molecular weight is 775 g/mol.